The summed E-state index contributed by atoms with van der Waals surface area (Å²) in [5, 5.41) is 0. The van der Waals surface area contributed by atoms with E-state index in [0.717, 1.165) is 45.1 Å². The van der Waals surface area contributed by atoms with Gasteiger partial charge in [0.05, 0.1) is 5.92 Å². The maximum absolute atomic E-state index is 12.6. The van der Waals surface area contributed by atoms with E-state index in [9.17, 15) is 9.59 Å². The number of hydrogen-bond acceptors (Lipinski definition) is 3. The highest BCUT2D eigenvalue weighted by Gasteiger charge is 2.34. The SMILES string of the molecule is CC(C(=O)N1CCCC(C(N)=O)C1)C1CCCC(N)C1. The van der Waals surface area contributed by atoms with E-state index < -0.39 is 0 Å². The molecule has 0 radical (unpaired) electrons. The van der Waals surface area contributed by atoms with Gasteiger partial charge in [0.25, 0.3) is 0 Å². The molecule has 1 saturated heterocycles. The highest BCUT2D eigenvalue weighted by molar-refractivity contribution is 5.81. The molecule has 114 valence electrons. The number of amides is 2. The zero-order chi connectivity index (χ0) is 14.7. The fraction of sp³-hybridized carbons (Fsp3) is 0.867. The van der Waals surface area contributed by atoms with Crippen molar-refractivity contribution in [3.8, 4) is 0 Å². The highest BCUT2D eigenvalue weighted by atomic mass is 16.2. The minimum atomic E-state index is -0.283. The first-order valence-corrected chi connectivity index (χ1v) is 7.82. The van der Waals surface area contributed by atoms with Crippen molar-refractivity contribution in [2.75, 3.05) is 13.1 Å². The first-order chi connectivity index (χ1) is 9.49. The third kappa shape index (κ3) is 3.51. The zero-order valence-electron chi connectivity index (χ0n) is 12.4. The zero-order valence-corrected chi connectivity index (χ0v) is 12.4. The van der Waals surface area contributed by atoms with Crippen LogP contribution in [0.1, 0.15) is 45.4 Å². The molecule has 1 heterocycles. The fourth-order valence-corrected chi connectivity index (χ4v) is 3.62. The van der Waals surface area contributed by atoms with E-state index in [1.807, 2.05) is 11.8 Å². The van der Waals surface area contributed by atoms with E-state index in [1.165, 1.54) is 0 Å². The molecule has 5 nitrogen and oxygen atoms in total. The van der Waals surface area contributed by atoms with E-state index >= 15 is 0 Å². The van der Waals surface area contributed by atoms with Gasteiger partial charge < -0.3 is 16.4 Å². The first-order valence-electron chi connectivity index (χ1n) is 7.82. The maximum atomic E-state index is 12.6. The van der Waals surface area contributed by atoms with Crippen LogP contribution in [0.15, 0.2) is 0 Å². The van der Waals surface area contributed by atoms with Gasteiger partial charge in [0.1, 0.15) is 0 Å². The predicted molar refractivity (Wildman–Crippen MR) is 77.6 cm³/mol. The molecule has 4 N–H and O–H groups in total. The Balaban J connectivity index is 1.93. The van der Waals surface area contributed by atoms with Crippen LogP contribution in [0.4, 0.5) is 0 Å². The van der Waals surface area contributed by atoms with Crippen LogP contribution in [0.5, 0.6) is 0 Å². The number of carbonyl (C=O) groups is 2. The molecule has 20 heavy (non-hydrogen) atoms. The molecule has 0 aromatic carbocycles. The predicted octanol–water partition coefficient (Wildman–Crippen LogP) is 0.864. The maximum Gasteiger partial charge on any atom is 0.225 e. The summed E-state index contributed by atoms with van der Waals surface area (Å²) in [7, 11) is 0. The number of piperidine rings is 1. The van der Waals surface area contributed by atoms with Gasteiger partial charge in [-0.1, -0.05) is 13.3 Å². The van der Waals surface area contributed by atoms with Crippen LogP contribution in [0, 0.1) is 17.8 Å². The van der Waals surface area contributed by atoms with Crippen molar-refractivity contribution in [2.24, 2.45) is 29.2 Å². The Hall–Kier alpha value is -1.10. The molecule has 1 saturated carbocycles. The fourth-order valence-electron chi connectivity index (χ4n) is 3.62. The summed E-state index contributed by atoms with van der Waals surface area (Å²) in [4.78, 5) is 25.7. The van der Waals surface area contributed by atoms with Crippen molar-refractivity contribution < 1.29 is 9.59 Å². The summed E-state index contributed by atoms with van der Waals surface area (Å²) in [6.45, 7) is 3.27. The van der Waals surface area contributed by atoms with Crippen LogP contribution in [-0.2, 0) is 9.59 Å². The van der Waals surface area contributed by atoms with Crippen LogP contribution in [0.3, 0.4) is 0 Å². The summed E-state index contributed by atoms with van der Waals surface area (Å²) in [6, 6.07) is 0.240. The molecule has 0 bridgehead atoms. The number of nitrogens with two attached hydrogens (primary N) is 2. The van der Waals surface area contributed by atoms with E-state index in [1.54, 1.807) is 0 Å². The van der Waals surface area contributed by atoms with Crippen LogP contribution >= 0.6 is 0 Å². The Bertz CT molecular complexity index is 372. The third-order valence-electron chi connectivity index (χ3n) is 4.99. The van der Waals surface area contributed by atoms with Crippen molar-refractivity contribution in [3.05, 3.63) is 0 Å². The Labute approximate surface area is 121 Å². The van der Waals surface area contributed by atoms with Gasteiger partial charge in [-0.05, 0) is 38.0 Å². The second-order valence-corrected chi connectivity index (χ2v) is 6.50. The largest absolute Gasteiger partial charge is 0.369 e. The molecule has 5 heteroatoms. The van der Waals surface area contributed by atoms with Crippen LogP contribution in [0.25, 0.3) is 0 Å². The molecule has 2 rings (SSSR count). The van der Waals surface area contributed by atoms with Crippen LogP contribution in [0.2, 0.25) is 0 Å². The average Bonchev–Trinajstić information content (AvgIpc) is 2.45. The van der Waals surface area contributed by atoms with E-state index in [-0.39, 0.29) is 29.7 Å². The molecular formula is C15H27N3O2. The van der Waals surface area contributed by atoms with Crippen LogP contribution in [-0.4, -0.2) is 35.8 Å². The van der Waals surface area contributed by atoms with E-state index in [0.29, 0.717) is 12.5 Å². The van der Waals surface area contributed by atoms with Crippen LogP contribution < -0.4 is 11.5 Å². The Morgan fingerprint density at radius 3 is 2.60 bits per heavy atom. The summed E-state index contributed by atoms with van der Waals surface area (Å²) < 4.78 is 0. The average molecular weight is 281 g/mol. The van der Waals surface area contributed by atoms with Gasteiger partial charge in [0.15, 0.2) is 0 Å². The van der Waals surface area contributed by atoms with Gasteiger partial charge in [-0.2, -0.15) is 0 Å². The Kier molecular flexibility index (Phi) is 5.02. The molecule has 2 amide bonds. The number of nitrogens with zero attached hydrogens (tertiary/aromatic N) is 1. The van der Waals surface area contributed by atoms with Crippen molar-refractivity contribution in [1.82, 2.24) is 4.90 Å². The van der Waals surface area contributed by atoms with Crippen molar-refractivity contribution in [1.29, 1.82) is 0 Å². The van der Waals surface area contributed by atoms with Crippen molar-refractivity contribution in [2.45, 2.75) is 51.5 Å². The Morgan fingerprint density at radius 1 is 1.20 bits per heavy atom. The smallest absolute Gasteiger partial charge is 0.225 e. The molecule has 4 atom stereocenters. The molecular weight excluding hydrogens is 254 g/mol. The Morgan fingerprint density at radius 2 is 1.95 bits per heavy atom. The summed E-state index contributed by atoms with van der Waals surface area (Å²) in [5.74, 6) is 0.117. The van der Waals surface area contributed by atoms with Gasteiger partial charge in [0, 0.05) is 25.0 Å². The lowest BCUT2D eigenvalue weighted by atomic mass is 9.78. The minimum absolute atomic E-state index is 0.00739. The quantitative estimate of drug-likeness (QED) is 0.804. The number of likely N-dealkylation sites (tertiary alicyclic amines) is 1. The summed E-state index contributed by atoms with van der Waals surface area (Å²) in [6.07, 6.45) is 5.91. The number of primary amides is 1. The third-order valence-corrected chi connectivity index (χ3v) is 4.99. The second kappa shape index (κ2) is 6.57. The van der Waals surface area contributed by atoms with Gasteiger partial charge in [-0.25, -0.2) is 0 Å². The summed E-state index contributed by atoms with van der Waals surface area (Å²) in [5.41, 5.74) is 11.4. The van der Waals surface area contributed by atoms with Gasteiger partial charge >= 0.3 is 0 Å². The molecule has 1 aliphatic heterocycles. The minimum Gasteiger partial charge on any atom is -0.369 e. The molecule has 1 aliphatic carbocycles. The molecule has 2 aliphatic rings. The lowest BCUT2D eigenvalue weighted by Gasteiger charge is -2.37. The molecule has 4 unspecified atom stereocenters. The normalized spacial score (nSPS) is 32.7. The van der Waals surface area contributed by atoms with Crippen molar-refractivity contribution >= 4 is 11.8 Å². The number of hydrogen-bond donors (Lipinski definition) is 2. The molecule has 0 spiro atoms. The summed E-state index contributed by atoms with van der Waals surface area (Å²) >= 11 is 0. The van der Waals surface area contributed by atoms with Gasteiger partial charge in [-0.15, -0.1) is 0 Å². The lowest BCUT2D eigenvalue weighted by Crippen LogP contribution is -2.47. The van der Waals surface area contributed by atoms with E-state index in [4.69, 9.17) is 11.5 Å². The van der Waals surface area contributed by atoms with Gasteiger partial charge in [-0.3, -0.25) is 9.59 Å². The first kappa shape index (κ1) is 15.3. The second-order valence-electron chi connectivity index (χ2n) is 6.50. The topological polar surface area (TPSA) is 89.4 Å². The lowest BCUT2D eigenvalue weighted by molar-refractivity contribution is -0.140. The van der Waals surface area contributed by atoms with Gasteiger partial charge in [0.2, 0.25) is 11.8 Å². The highest BCUT2D eigenvalue weighted by Crippen LogP contribution is 2.31. The van der Waals surface area contributed by atoms with E-state index in [2.05, 4.69) is 0 Å². The molecule has 0 aromatic heterocycles. The van der Waals surface area contributed by atoms with Crippen molar-refractivity contribution in [3.63, 3.8) is 0 Å². The standard InChI is InChI=1S/C15H27N3O2/c1-10(11-4-2-6-13(16)8-11)15(20)18-7-3-5-12(9-18)14(17)19/h10-13H,2-9,16H2,1H3,(H2,17,19). The monoisotopic (exact) mass is 281 g/mol. The molecule has 0 aromatic rings. The number of carbonyl (C=O) groups excluding carboxylic acids is 2. The molecule has 2 fully saturated rings. The number of rotatable bonds is 3.